The molecule has 1 aliphatic rings. The Balaban J connectivity index is 2.29. The fourth-order valence-corrected chi connectivity index (χ4v) is 2.43. The molecule has 98 valence electrons. The van der Waals surface area contributed by atoms with Gasteiger partial charge in [0.15, 0.2) is 0 Å². The summed E-state index contributed by atoms with van der Waals surface area (Å²) in [6.45, 7) is 1.52. The molecule has 0 saturated carbocycles. The normalized spacial score (nSPS) is 17.9. The van der Waals surface area contributed by atoms with Crippen molar-refractivity contribution in [3.05, 3.63) is 35.4 Å². The molecular weight excluding hydrogens is 240 g/mol. The molecule has 0 bridgehead atoms. The highest BCUT2D eigenvalue weighted by Crippen LogP contribution is 2.30. The molecular formula is C13H15F2NO2. The second kappa shape index (κ2) is 5.44. The number of hydrogen-bond acceptors (Lipinski definition) is 2. The van der Waals surface area contributed by atoms with Gasteiger partial charge >= 0.3 is 5.97 Å². The van der Waals surface area contributed by atoms with Crippen LogP contribution in [-0.4, -0.2) is 29.1 Å². The van der Waals surface area contributed by atoms with Crippen LogP contribution >= 0.6 is 0 Å². The third-order valence-electron chi connectivity index (χ3n) is 3.27. The molecule has 0 aliphatic carbocycles. The molecule has 3 nitrogen and oxygen atoms in total. The van der Waals surface area contributed by atoms with Crippen molar-refractivity contribution in [2.24, 2.45) is 0 Å². The number of aliphatic carboxylic acids is 1. The van der Waals surface area contributed by atoms with E-state index in [2.05, 4.69) is 0 Å². The Morgan fingerprint density at radius 2 is 2.00 bits per heavy atom. The first-order valence-electron chi connectivity index (χ1n) is 5.98. The molecule has 18 heavy (non-hydrogen) atoms. The van der Waals surface area contributed by atoms with Gasteiger partial charge in [-0.3, -0.25) is 9.69 Å². The van der Waals surface area contributed by atoms with Crippen LogP contribution in [0.1, 0.15) is 30.9 Å². The van der Waals surface area contributed by atoms with E-state index >= 15 is 0 Å². The van der Waals surface area contributed by atoms with Gasteiger partial charge < -0.3 is 5.11 Å². The lowest BCUT2D eigenvalue weighted by Gasteiger charge is -2.26. The monoisotopic (exact) mass is 255 g/mol. The van der Waals surface area contributed by atoms with E-state index in [1.165, 1.54) is 12.1 Å². The summed E-state index contributed by atoms with van der Waals surface area (Å²) in [5.41, 5.74) is 0.265. The Hall–Kier alpha value is -1.49. The van der Waals surface area contributed by atoms with Gasteiger partial charge in [-0.1, -0.05) is 6.07 Å². The van der Waals surface area contributed by atoms with Crippen LogP contribution in [0.4, 0.5) is 8.78 Å². The van der Waals surface area contributed by atoms with Gasteiger partial charge in [0.25, 0.3) is 0 Å². The van der Waals surface area contributed by atoms with E-state index in [1.54, 1.807) is 0 Å². The molecule has 1 unspecified atom stereocenters. The minimum absolute atomic E-state index is 0.164. The van der Waals surface area contributed by atoms with E-state index in [9.17, 15) is 13.6 Å². The highest BCUT2D eigenvalue weighted by Gasteiger charge is 2.27. The SMILES string of the molecule is O=C(O)CC(c1ccc(F)cc1F)N1CCCC1. The van der Waals surface area contributed by atoms with Crippen molar-refractivity contribution in [1.29, 1.82) is 0 Å². The van der Waals surface area contributed by atoms with Crippen LogP contribution in [0.5, 0.6) is 0 Å². The summed E-state index contributed by atoms with van der Waals surface area (Å²) in [6, 6.07) is 2.81. The zero-order valence-electron chi connectivity index (χ0n) is 9.90. The summed E-state index contributed by atoms with van der Waals surface area (Å²) in [7, 11) is 0. The van der Waals surface area contributed by atoms with Crippen LogP contribution in [0.3, 0.4) is 0 Å². The zero-order valence-corrected chi connectivity index (χ0v) is 9.90. The fourth-order valence-electron chi connectivity index (χ4n) is 2.43. The molecule has 1 atom stereocenters. The Morgan fingerprint density at radius 1 is 1.33 bits per heavy atom. The maximum absolute atomic E-state index is 13.7. The molecule has 5 heteroatoms. The van der Waals surface area contributed by atoms with Gasteiger partial charge in [-0.25, -0.2) is 8.78 Å². The lowest BCUT2D eigenvalue weighted by molar-refractivity contribution is -0.138. The van der Waals surface area contributed by atoms with E-state index < -0.39 is 23.6 Å². The van der Waals surface area contributed by atoms with Crippen molar-refractivity contribution in [1.82, 2.24) is 4.90 Å². The topological polar surface area (TPSA) is 40.5 Å². The Kier molecular flexibility index (Phi) is 3.91. The molecule has 0 aromatic heterocycles. The third kappa shape index (κ3) is 2.85. The fraction of sp³-hybridized carbons (Fsp3) is 0.462. The number of nitrogens with zero attached hydrogens (tertiary/aromatic N) is 1. The lowest BCUT2D eigenvalue weighted by atomic mass is 10.0. The molecule has 1 saturated heterocycles. The number of carboxylic acids is 1. The van der Waals surface area contributed by atoms with Crippen LogP contribution in [0, 0.1) is 11.6 Å². The van der Waals surface area contributed by atoms with E-state index in [4.69, 9.17) is 5.11 Å². The number of halogens is 2. The van der Waals surface area contributed by atoms with Gasteiger partial charge in [-0.2, -0.15) is 0 Å². The van der Waals surface area contributed by atoms with Crippen molar-refractivity contribution < 1.29 is 18.7 Å². The number of likely N-dealkylation sites (tertiary alicyclic amines) is 1. The highest BCUT2D eigenvalue weighted by atomic mass is 19.1. The predicted octanol–water partition coefficient (Wildman–Crippen LogP) is 2.58. The van der Waals surface area contributed by atoms with Gasteiger partial charge in [0.1, 0.15) is 11.6 Å². The second-order valence-corrected chi connectivity index (χ2v) is 4.52. The number of carboxylic acid groups (broad SMARTS) is 1. The van der Waals surface area contributed by atoms with Crippen LogP contribution < -0.4 is 0 Å². The maximum Gasteiger partial charge on any atom is 0.305 e. The van der Waals surface area contributed by atoms with Crippen molar-refractivity contribution in [2.75, 3.05) is 13.1 Å². The molecule has 1 N–H and O–H groups in total. The van der Waals surface area contributed by atoms with E-state index in [0.717, 1.165) is 32.0 Å². The highest BCUT2D eigenvalue weighted by molar-refractivity contribution is 5.68. The summed E-state index contributed by atoms with van der Waals surface area (Å²) in [5, 5.41) is 8.93. The van der Waals surface area contributed by atoms with E-state index in [-0.39, 0.29) is 12.0 Å². The predicted molar refractivity (Wildman–Crippen MR) is 62.2 cm³/mol. The van der Waals surface area contributed by atoms with Crippen molar-refractivity contribution in [2.45, 2.75) is 25.3 Å². The van der Waals surface area contributed by atoms with Crippen LogP contribution in [-0.2, 0) is 4.79 Å². The zero-order chi connectivity index (χ0) is 13.1. The molecule has 0 amide bonds. The second-order valence-electron chi connectivity index (χ2n) is 4.52. The number of hydrogen-bond donors (Lipinski definition) is 1. The third-order valence-corrected chi connectivity index (χ3v) is 3.27. The maximum atomic E-state index is 13.7. The summed E-state index contributed by atoms with van der Waals surface area (Å²) in [6.07, 6.45) is 1.81. The van der Waals surface area contributed by atoms with Crippen LogP contribution in [0.25, 0.3) is 0 Å². The van der Waals surface area contributed by atoms with Gasteiger partial charge in [-0.15, -0.1) is 0 Å². The first-order valence-corrected chi connectivity index (χ1v) is 5.98. The van der Waals surface area contributed by atoms with Crippen LogP contribution in [0.2, 0.25) is 0 Å². The van der Waals surface area contributed by atoms with Crippen molar-refractivity contribution >= 4 is 5.97 Å². The average Bonchev–Trinajstić information content (AvgIpc) is 2.79. The first-order chi connectivity index (χ1) is 8.58. The van der Waals surface area contributed by atoms with Crippen LogP contribution in [0.15, 0.2) is 18.2 Å². The Morgan fingerprint density at radius 3 is 2.56 bits per heavy atom. The molecule has 1 aliphatic heterocycles. The van der Waals surface area contributed by atoms with Gasteiger partial charge in [-0.05, 0) is 32.0 Å². The minimum Gasteiger partial charge on any atom is -0.481 e. The number of carbonyl (C=O) groups is 1. The summed E-state index contributed by atoms with van der Waals surface area (Å²) < 4.78 is 26.6. The van der Waals surface area contributed by atoms with Gasteiger partial charge in [0.05, 0.1) is 6.42 Å². The van der Waals surface area contributed by atoms with E-state index in [0.29, 0.717) is 0 Å². The molecule has 0 radical (unpaired) electrons. The summed E-state index contributed by atoms with van der Waals surface area (Å²) in [4.78, 5) is 12.8. The quantitative estimate of drug-likeness (QED) is 0.899. The standard InChI is InChI=1S/C13H15F2NO2/c14-9-3-4-10(11(15)7-9)12(8-13(17)18)16-5-1-2-6-16/h3-4,7,12H,1-2,5-6,8H2,(H,17,18). The first kappa shape index (κ1) is 13.0. The molecule has 1 heterocycles. The molecule has 2 rings (SSSR count). The largest absolute Gasteiger partial charge is 0.481 e. The Labute approximate surface area is 104 Å². The molecule has 1 fully saturated rings. The van der Waals surface area contributed by atoms with Gasteiger partial charge in [0.2, 0.25) is 0 Å². The van der Waals surface area contributed by atoms with Gasteiger partial charge in [0, 0.05) is 17.7 Å². The summed E-state index contributed by atoms with van der Waals surface area (Å²) in [5.74, 6) is -2.30. The number of rotatable bonds is 4. The van der Waals surface area contributed by atoms with Crippen molar-refractivity contribution in [3.63, 3.8) is 0 Å². The smallest absolute Gasteiger partial charge is 0.305 e. The number of benzene rings is 1. The average molecular weight is 255 g/mol. The lowest BCUT2D eigenvalue weighted by Crippen LogP contribution is -2.28. The van der Waals surface area contributed by atoms with E-state index in [1.807, 2.05) is 4.90 Å². The Bertz CT molecular complexity index is 445. The molecule has 1 aromatic carbocycles. The molecule has 1 aromatic rings. The molecule has 0 spiro atoms. The van der Waals surface area contributed by atoms with Crippen molar-refractivity contribution in [3.8, 4) is 0 Å². The summed E-state index contributed by atoms with van der Waals surface area (Å²) >= 11 is 0. The minimum atomic E-state index is -0.976.